The Balaban J connectivity index is 2.02. The Morgan fingerprint density at radius 1 is 1.41 bits per heavy atom. The van der Waals surface area contributed by atoms with Gasteiger partial charge in [0, 0.05) is 17.5 Å². The van der Waals surface area contributed by atoms with Crippen molar-refractivity contribution >= 4 is 5.97 Å². The molecule has 17 heavy (non-hydrogen) atoms. The fourth-order valence-corrected chi connectivity index (χ4v) is 1.77. The maximum absolute atomic E-state index is 10.7. The summed E-state index contributed by atoms with van der Waals surface area (Å²) >= 11 is 0. The van der Waals surface area contributed by atoms with Crippen LogP contribution in [0.25, 0.3) is 0 Å². The lowest BCUT2D eigenvalue weighted by molar-refractivity contribution is -0.136. The molecule has 1 fully saturated rings. The highest BCUT2D eigenvalue weighted by molar-refractivity contribution is 5.71. The molecule has 1 saturated carbocycles. The van der Waals surface area contributed by atoms with Gasteiger partial charge < -0.3 is 15.6 Å². The Morgan fingerprint density at radius 2 is 2.12 bits per heavy atom. The van der Waals surface area contributed by atoms with E-state index in [-0.39, 0.29) is 11.8 Å². The van der Waals surface area contributed by atoms with Crippen LogP contribution in [-0.4, -0.2) is 24.2 Å². The van der Waals surface area contributed by atoms with E-state index in [2.05, 4.69) is 0 Å². The van der Waals surface area contributed by atoms with E-state index in [1.165, 1.54) is 0 Å². The summed E-state index contributed by atoms with van der Waals surface area (Å²) in [4.78, 5) is 10.7. The van der Waals surface area contributed by atoms with E-state index in [1.54, 1.807) is 6.07 Å². The highest BCUT2D eigenvalue weighted by Gasteiger charge is 2.42. The SMILES string of the molecule is NCC1(COc2ccccc2CC(=O)O)CC1. The molecule has 3 N–H and O–H groups in total. The highest BCUT2D eigenvalue weighted by atomic mass is 16.5. The molecule has 0 atom stereocenters. The standard InChI is InChI=1S/C13H17NO3/c14-8-13(5-6-13)9-17-11-4-2-1-3-10(11)7-12(15)16/h1-4H,5-9,14H2,(H,15,16). The number of carbonyl (C=O) groups is 1. The zero-order valence-electron chi connectivity index (χ0n) is 9.69. The number of carboxylic acids is 1. The zero-order valence-corrected chi connectivity index (χ0v) is 9.69. The van der Waals surface area contributed by atoms with E-state index < -0.39 is 5.97 Å². The van der Waals surface area contributed by atoms with Crippen molar-refractivity contribution in [2.75, 3.05) is 13.2 Å². The van der Waals surface area contributed by atoms with E-state index in [9.17, 15) is 4.79 Å². The summed E-state index contributed by atoms with van der Waals surface area (Å²) in [6.07, 6.45) is 2.20. The number of aliphatic carboxylic acids is 1. The summed E-state index contributed by atoms with van der Waals surface area (Å²) in [7, 11) is 0. The van der Waals surface area contributed by atoms with E-state index in [1.807, 2.05) is 18.2 Å². The Bertz CT molecular complexity index is 413. The average Bonchev–Trinajstić information content (AvgIpc) is 3.08. The van der Waals surface area contributed by atoms with Crippen molar-refractivity contribution in [3.05, 3.63) is 29.8 Å². The largest absolute Gasteiger partial charge is 0.493 e. The van der Waals surface area contributed by atoms with Crippen molar-refractivity contribution in [3.63, 3.8) is 0 Å². The third-order valence-corrected chi connectivity index (χ3v) is 3.24. The maximum atomic E-state index is 10.7. The molecule has 0 bridgehead atoms. The summed E-state index contributed by atoms with van der Waals surface area (Å²) in [5.41, 5.74) is 6.53. The van der Waals surface area contributed by atoms with Gasteiger partial charge in [0.15, 0.2) is 0 Å². The van der Waals surface area contributed by atoms with Crippen LogP contribution in [0.5, 0.6) is 5.75 Å². The van der Waals surface area contributed by atoms with Crippen molar-refractivity contribution in [1.29, 1.82) is 0 Å². The smallest absolute Gasteiger partial charge is 0.307 e. The van der Waals surface area contributed by atoms with Gasteiger partial charge in [0.1, 0.15) is 5.75 Å². The Morgan fingerprint density at radius 3 is 2.71 bits per heavy atom. The van der Waals surface area contributed by atoms with Gasteiger partial charge in [-0.2, -0.15) is 0 Å². The second-order valence-electron chi connectivity index (χ2n) is 4.67. The molecular weight excluding hydrogens is 218 g/mol. The van der Waals surface area contributed by atoms with Crippen LogP contribution in [-0.2, 0) is 11.2 Å². The number of benzene rings is 1. The number of ether oxygens (including phenoxy) is 1. The van der Waals surface area contributed by atoms with Gasteiger partial charge in [-0.05, 0) is 18.9 Å². The molecule has 4 nitrogen and oxygen atoms in total. The molecule has 0 spiro atoms. The Hall–Kier alpha value is -1.55. The van der Waals surface area contributed by atoms with Crippen LogP contribution in [0.4, 0.5) is 0 Å². The van der Waals surface area contributed by atoms with Crippen molar-refractivity contribution < 1.29 is 14.6 Å². The topological polar surface area (TPSA) is 72.5 Å². The zero-order chi connectivity index (χ0) is 12.3. The third kappa shape index (κ3) is 2.97. The fourth-order valence-electron chi connectivity index (χ4n) is 1.77. The molecule has 0 radical (unpaired) electrons. The molecule has 92 valence electrons. The lowest BCUT2D eigenvalue weighted by Crippen LogP contribution is -2.23. The molecule has 0 heterocycles. The molecule has 1 aromatic carbocycles. The first-order valence-electron chi connectivity index (χ1n) is 5.78. The molecule has 1 aliphatic rings. The molecular formula is C13H17NO3. The second kappa shape index (κ2) is 4.75. The summed E-state index contributed by atoms with van der Waals surface area (Å²) in [6.45, 7) is 1.22. The van der Waals surface area contributed by atoms with E-state index in [0.29, 0.717) is 24.5 Å². The van der Waals surface area contributed by atoms with E-state index in [4.69, 9.17) is 15.6 Å². The van der Waals surface area contributed by atoms with E-state index in [0.717, 1.165) is 12.8 Å². The van der Waals surface area contributed by atoms with Gasteiger partial charge in [-0.25, -0.2) is 0 Å². The number of para-hydroxylation sites is 1. The predicted octanol–water partition coefficient (Wildman–Crippen LogP) is 1.43. The first kappa shape index (κ1) is 11.9. The third-order valence-electron chi connectivity index (χ3n) is 3.24. The van der Waals surface area contributed by atoms with Gasteiger partial charge in [-0.15, -0.1) is 0 Å². The molecule has 4 heteroatoms. The normalized spacial score (nSPS) is 16.5. The molecule has 1 aromatic rings. The molecule has 0 amide bonds. The van der Waals surface area contributed by atoms with Gasteiger partial charge in [-0.3, -0.25) is 4.79 Å². The minimum absolute atomic E-state index is 0.00814. The number of hydrogen-bond donors (Lipinski definition) is 2. The highest BCUT2D eigenvalue weighted by Crippen LogP contribution is 2.44. The molecule has 2 rings (SSSR count). The number of hydrogen-bond acceptors (Lipinski definition) is 3. The van der Waals surface area contributed by atoms with Crippen molar-refractivity contribution in [1.82, 2.24) is 0 Å². The summed E-state index contributed by atoms with van der Waals surface area (Å²) < 4.78 is 5.71. The molecule has 0 unspecified atom stereocenters. The quantitative estimate of drug-likeness (QED) is 0.782. The van der Waals surface area contributed by atoms with Crippen LogP contribution < -0.4 is 10.5 Å². The number of nitrogens with two attached hydrogens (primary N) is 1. The van der Waals surface area contributed by atoms with Crippen LogP contribution in [0, 0.1) is 5.41 Å². The van der Waals surface area contributed by atoms with Crippen molar-refractivity contribution in [2.24, 2.45) is 11.1 Å². The minimum atomic E-state index is -0.846. The van der Waals surface area contributed by atoms with Crippen LogP contribution in [0.15, 0.2) is 24.3 Å². The van der Waals surface area contributed by atoms with Gasteiger partial charge in [0.25, 0.3) is 0 Å². The van der Waals surface area contributed by atoms with E-state index >= 15 is 0 Å². The van der Waals surface area contributed by atoms with Crippen LogP contribution in [0.2, 0.25) is 0 Å². The fraction of sp³-hybridized carbons (Fsp3) is 0.462. The predicted molar refractivity (Wildman–Crippen MR) is 64.0 cm³/mol. The van der Waals surface area contributed by atoms with Gasteiger partial charge in [-0.1, -0.05) is 18.2 Å². The monoisotopic (exact) mass is 235 g/mol. The van der Waals surface area contributed by atoms with Gasteiger partial charge >= 0.3 is 5.97 Å². The maximum Gasteiger partial charge on any atom is 0.307 e. The summed E-state index contributed by atoms with van der Waals surface area (Å²) in [5.74, 6) is -0.185. The van der Waals surface area contributed by atoms with Crippen molar-refractivity contribution in [2.45, 2.75) is 19.3 Å². The summed E-state index contributed by atoms with van der Waals surface area (Å²) in [6, 6.07) is 7.26. The Labute approximate surface area is 100 Å². The van der Waals surface area contributed by atoms with Gasteiger partial charge in [0.2, 0.25) is 0 Å². The van der Waals surface area contributed by atoms with Crippen LogP contribution >= 0.6 is 0 Å². The first-order chi connectivity index (χ1) is 8.15. The molecule has 0 saturated heterocycles. The van der Waals surface area contributed by atoms with Crippen molar-refractivity contribution in [3.8, 4) is 5.75 Å². The number of rotatable bonds is 6. The molecule has 0 aromatic heterocycles. The lowest BCUT2D eigenvalue weighted by atomic mass is 10.1. The molecule has 0 aliphatic heterocycles. The number of carboxylic acid groups (broad SMARTS) is 1. The minimum Gasteiger partial charge on any atom is -0.493 e. The molecule has 1 aliphatic carbocycles. The van der Waals surface area contributed by atoms with Crippen LogP contribution in [0.3, 0.4) is 0 Å². The second-order valence-corrected chi connectivity index (χ2v) is 4.67. The Kier molecular flexibility index (Phi) is 3.33. The van der Waals surface area contributed by atoms with Gasteiger partial charge in [0.05, 0.1) is 13.0 Å². The lowest BCUT2D eigenvalue weighted by Gasteiger charge is -2.15. The first-order valence-corrected chi connectivity index (χ1v) is 5.78. The average molecular weight is 235 g/mol. The summed E-state index contributed by atoms with van der Waals surface area (Å²) in [5, 5.41) is 8.80. The van der Waals surface area contributed by atoms with Crippen LogP contribution in [0.1, 0.15) is 18.4 Å².